The molecule has 3 rings (SSSR count). The summed E-state index contributed by atoms with van der Waals surface area (Å²) in [4.78, 5) is -1.07. The van der Waals surface area contributed by atoms with Crippen molar-refractivity contribution in [3.63, 3.8) is 0 Å². The molecule has 1 fully saturated rings. The monoisotopic (exact) mass is 398 g/mol. The molecule has 21 heavy (non-hydrogen) atoms. The number of ether oxygens (including phenoxy) is 1. The number of hydrogen-bond donors (Lipinski definition) is 2. The van der Waals surface area contributed by atoms with Crippen LogP contribution in [0.3, 0.4) is 0 Å². The predicted molar refractivity (Wildman–Crippen MR) is 89.2 cm³/mol. The molecule has 0 aromatic carbocycles. The Morgan fingerprint density at radius 1 is 1.43 bits per heavy atom. The summed E-state index contributed by atoms with van der Waals surface area (Å²) in [5.41, 5.74) is -1.65. The van der Waals surface area contributed by atoms with Gasteiger partial charge < -0.3 is 19.4 Å². The summed E-state index contributed by atoms with van der Waals surface area (Å²) in [5, 5.41) is 21.0. The molecule has 2 bridgehead atoms. The Morgan fingerprint density at radius 3 is 2.48 bits per heavy atom. The van der Waals surface area contributed by atoms with Gasteiger partial charge in [0.1, 0.15) is 4.87 Å². The average Bonchev–Trinajstić information content (AvgIpc) is 2.45. The number of halogens is 2. The molecule has 0 radical (unpaired) electrons. The molecule has 2 heterocycles. The first kappa shape index (κ1) is 17.9. The first-order valence-electron chi connectivity index (χ1n) is 7.53. The van der Waals surface area contributed by atoms with Crippen molar-refractivity contribution in [2.45, 2.75) is 68.2 Å². The van der Waals surface area contributed by atoms with Crippen molar-refractivity contribution in [2.75, 3.05) is 6.61 Å². The van der Waals surface area contributed by atoms with Crippen LogP contribution in [-0.2, 0) is 9.16 Å². The summed E-state index contributed by atoms with van der Waals surface area (Å²) in [6.45, 7) is 6.67. The second-order valence-electron chi connectivity index (χ2n) is 6.01. The van der Waals surface area contributed by atoms with Crippen molar-refractivity contribution in [3.8, 4) is 0 Å². The maximum Gasteiger partial charge on any atom is 0.192 e. The van der Waals surface area contributed by atoms with Crippen molar-refractivity contribution < 1.29 is 19.4 Å². The quantitative estimate of drug-likeness (QED) is 0.532. The van der Waals surface area contributed by atoms with Crippen LogP contribution in [-0.4, -0.2) is 48.0 Å². The summed E-state index contributed by atoms with van der Waals surface area (Å²) in [6.07, 6.45) is 0.555. The fourth-order valence-corrected chi connectivity index (χ4v) is 7.36. The molecular weight excluding hydrogens is 376 g/mol. The Labute approximate surface area is 140 Å². The van der Waals surface area contributed by atoms with Gasteiger partial charge in [-0.25, -0.2) is 0 Å². The second-order valence-corrected chi connectivity index (χ2v) is 12.4. The van der Waals surface area contributed by atoms with Gasteiger partial charge in [-0.2, -0.15) is 0 Å². The average molecular weight is 400 g/mol. The molecule has 2 aliphatic heterocycles. The third-order valence-corrected chi connectivity index (χ3v) is 11.1. The largest absolute Gasteiger partial charge is 0.415 e. The van der Waals surface area contributed by atoms with Gasteiger partial charge in [-0.3, -0.25) is 0 Å². The zero-order valence-electron chi connectivity index (χ0n) is 12.7. The predicted octanol–water partition coefficient (Wildman–Crippen LogP) is 3.12. The second kappa shape index (κ2) is 6.22. The van der Waals surface area contributed by atoms with Crippen molar-refractivity contribution in [1.29, 1.82) is 0 Å². The molecule has 2 N–H and O–H groups in total. The molecule has 4 nitrogen and oxygen atoms in total. The number of rotatable bonds is 6. The van der Waals surface area contributed by atoms with Crippen LogP contribution in [0.15, 0.2) is 10.6 Å². The Morgan fingerprint density at radius 2 is 2.00 bits per heavy atom. The Balaban J connectivity index is 2.22. The number of aliphatic hydroxyl groups is 2. The minimum absolute atomic E-state index is 0.229. The zero-order valence-corrected chi connectivity index (χ0v) is 16.1. The molecule has 1 aliphatic carbocycles. The third-order valence-electron chi connectivity index (χ3n) is 5.11. The molecule has 0 saturated carbocycles. The van der Waals surface area contributed by atoms with Crippen LogP contribution >= 0.6 is 27.5 Å². The lowest BCUT2D eigenvalue weighted by Crippen LogP contribution is -2.69. The molecule has 1 saturated heterocycles. The van der Waals surface area contributed by atoms with E-state index in [0.29, 0.717) is 10.9 Å². The maximum atomic E-state index is 10.9. The first-order valence-corrected chi connectivity index (χ1v) is 11.2. The highest BCUT2D eigenvalue weighted by atomic mass is 79.9. The van der Waals surface area contributed by atoms with E-state index in [-0.39, 0.29) is 12.7 Å². The van der Waals surface area contributed by atoms with E-state index in [1.807, 2.05) is 0 Å². The lowest BCUT2D eigenvalue weighted by molar-refractivity contribution is -0.263. The van der Waals surface area contributed by atoms with E-state index in [0.717, 1.165) is 18.1 Å². The number of fused-ring (bicyclic) bond motifs is 2. The lowest BCUT2D eigenvalue weighted by Gasteiger charge is -2.54. The highest BCUT2D eigenvalue weighted by Crippen LogP contribution is 2.52. The van der Waals surface area contributed by atoms with E-state index in [4.69, 9.17) is 20.8 Å². The standard InChI is InChI=1S/C14H24BrClO4Si/c1-4-21(5-2,6-3)19-9-13(16)8-10-7-11(15)14(13,18)12(17)20-10/h7,10,12,17-18H,4-6,8-9H2,1-3H3/t10?,12?,13-,14?/m0/s1. The highest BCUT2D eigenvalue weighted by molar-refractivity contribution is 9.11. The van der Waals surface area contributed by atoms with Crippen LogP contribution < -0.4 is 0 Å². The fraction of sp³-hybridized carbons (Fsp3) is 0.857. The number of alkyl halides is 1. The molecule has 3 unspecified atom stereocenters. The van der Waals surface area contributed by atoms with Gasteiger partial charge in [0, 0.05) is 10.9 Å². The number of hydrogen-bond acceptors (Lipinski definition) is 4. The molecule has 122 valence electrons. The molecular formula is C14H24BrClO4Si. The molecule has 7 heteroatoms. The topological polar surface area (TPSA) is 58.9 Å². The normalized spacial score (nSPS) is 39.5. The van der Waals surface area contributed by atoms with E-state index < -0.39 is 25.1 Å². The molecule has 0 aromatic heterocycles. The van der Waals surface area contributed by atoms with Crippen LogP contribution in [0.25, 0.3) is 0 Å². The van der Waals surface area contributed by atoms with E-state index in [1.165, 1.54) is 0 Å². The van der Waals surface area contributed by atoms with Gasteiger partial charge in [-0.05, 0) is 24.2 Å². The van der Waals surface area contributed by atoms with Gasteiger partial charge in [0.05, 0.1) is 12.7 Å². The molecule has 4 atom stereocenters. The van der Waals surface area contributed by atoms with E-state index in [1.54, 1.807) is 6.08 Å². The van der Waals surface area contributed by atoms with Gasteiger partial charge in [-0.1, -0.05) is 36.7 Å². The van der Waals surface area contributed by atoms with Gasteiger partial charge in [0.25, 0.3) is 0 Å². The van der Waals surface area contributed by atoms with Gasteiger partial charge in [0.2, 0.25) is 0 Å². The van der Waals surface area contributed by atoms with Crippen LogP contribution in [0.1, 0.15) is 27.2 Å². The minimum Gasteiger partial charge on any atom is -0.415 e. The van der Waals surface area contributed by atoms with Crippen LogP contribution in [0.5, 0.6) is 0 Å². The van der Waals surface area contributed by atoms with Crippen LogP contribution in [0, 0.1) is 0 Å². The van der Waals surface area contributed by atoms with Crippen LogP contribution in [0.2, 0.25) is 18.1 Å². The van der Waals surface area contributed by atoms with Crippen molar-refractivity contribution in [2.24, 2.45) is 0 Å². The smallest absolute Gasteiger partial charge is 0.192 e. The first-order chi connectivity index (χ1) is 9.77. The molecule has 0 spiro atoms. The third kappa shape index (κ3) is 2.77. The Bertz CT molecular complexity index is 423. The van der Waals surface area contributed by atoms with E-state index >= 15 is 0 Å². The van der Waals surface area contributed by atoms with Gasteiger partial charge in [-0.15, -0.1) is 11.6 Å². The summed E-state index contributed by atoms with van der Waals surface area (Å²) in [5.74, 6) is 0. The summed E-state index contributed by atoms with van der Waals surface area (Å²) >= 11 is 10.0. The van der Waals surface area contributed by atoms with E-state index in [9.17, 15) is 10.2 Å². The van der Waals surface area contributed by atoms with Gasteiger partial charge in [0.15, 0.2) is 20.2 Å². The fourth-order valence-electron chi connectivity index (χ4n) is 3.22. The Kier molecular flexibility index (Phi) is 5.31. The SMILES string of the molecule is CC[Si](CC)(CC)OC[C@@]1(Cl)CC2C=C(Br)C1(O)C(O)O2. The molecule has 0 aromatic rings. The summed E-state index contributed by atoms with van der Waals surface area (Å²) in [6, 6.07) is 3.06. The minimum atomic E-state index is -1.81. The molecule has 0 amide bonds. The Hall–Kier alpha value is 0.567. The summed E-state index contributed by atoms with van der Waals surface area (Å²) < 4.78 is 12.1. The highest BCUT2D eigenvalue weighted by Gasteiger charge is 2.64. The van der Waals surface area contributed by atoms with Gasteiger partial charge >= 0.3 is 0 Å². The van der Waals surface area contributed by atoms with Crippen molar-refractivity contribution in [3.05, 3.63) is 10.6 Å². The van der Waals surface area contributed by atoms with Crippen molar-refractivity contribution in [1.82, 2.24) is 0 Å². The molecule has 3 aliphatic rings. The summed E-state index contributed by atoms with van der Waals surface area (Å²) in [7, 11) is -1.81. The van der Waals surface area contributed by atoms with E-state index in [2.05, 4.69) is 36.7 Å². The van der Waals surface area contributed by atoms with Crippen molar-refractivity contribution >= 4 is 35.8 Å². The maximum absolute atomic E-state index is 10.9. The van der Waals surface area contributed by atoms with Crippen LogP contribution in [0.4, 0.5) is 0 Å². The lowest BCUT2D eigenvalue weighted by atomic mass is 9.75. The zero-order chi connectivity index (χ0) is 15.9. The number of aliphatic hydroxyl groups excluding tert-OH is 1.